The lowest BCUT2D eigenvalue weighted by atomic mass is 9.69. The molecular formula is C26H23Cl2N3O2S. The third-order valence-corrected chi connectivity index (χ3v) is 7.29. The molecule has 2 aliphatic rings. The van der Waals surface area contributed by atoms with Gasteiger partial charge >= 0.3 is 0 Å². The van der Waals surface area contributed by atoms with Crippen molar-refractivity contribution >= 4 is 52.3 Å². The van der Waals surface area contributed by atoms with E-state index < -0.39 is 5.92 Å². The molecule has 2 aromatic carbocycles. The number of Topliss-reactive ketones (excluding diaryl/α,β-unsaturated/α-hetero) is 1. The van der Waals surface area contributed by atoms with Gasteiger partial charge in [-0.25, -0.2) is 0 Å². The van der Waals surface area contributed by atoms with Crippen molar-refractivity contribution < 1.29 is 9.59 Å². The van der Waals surface area contributed by atoms with E-state index in [-0.39, 0.29) is 22.9 Å². The first-order valence-electron chi connectivity index (χ1n) is 10.8. The van der Waals surface area contributed by atoms with E-state index in [1.54, 1.807) is 36.4 Å². The fourth-order valence-electron chi connectivity index (χ4n) is 4.38. The maximum atomic E-state index is 13.2. The molecule has 1 aliphatic heterocycles. The Hall–Kier alpha value is -2.72. The minimum Gasteiger partial charge on any atom is -0.352 e. The molecule has 1 aliphatic carbocycles. The van der Waals surface area contributed by atoms with Crippen molar-refractivity contribution in [3.63, 3.8) is 0 Å². The van der Waals surface area contributed by atoms with Crippen molar-refractivity contribution in [2.45, 2.75) is 32.6 Å². The number of anilines is 1. The average Bonchev–Trinajstić information content (AvgIpc) is 2.76. The summed E-state index contributed by atoms with van der Waals surface area (Å²) in [5.74, 6) is -0.593. The molecule has 1 heterocycles. The summed E-state index contributed by atoms with van der Waals surface area (Å²) in [7, 11) is 0. The molecule has 0 fully saturated rings. The number of hydrogen-bond donors (Lipinski definition) is 2. The molecule has 0 radical (unpaired) electrons. The first-order chi connectivity index (χ1) is 16.2. The molecule has 1 atom stereocenters. The highest BCUT2D eigenvalue weighted by Crippen LogP contribution is 2.47. The second kappa shape index (κ2) is 9.87. The zero-order valence-corrected chi connectivity index (χ0v) is 21.1. The zero-order valence-electron chi connectivity index (χ0n) is 18.7. The van der Waals surface area contributed by atoms with Gasteiger partial charge in [-0.2, -0.15) is 5.26 Å². The number of dihydropyridines is 1. The van der Waals surface area contributed by atoms with Gasteiger partial charge in [-0.05, 0) is 47.7 Å². The van der Waals surface area contributed by atoms with Crippen molar-refractivity contribution in [3.05, 3.63) is 86.0 Å². The van der Waals surface area contributed by atoms with Gasteiger partial charge in [0.05, 0.1) is 28.3 Å². The Balaban J connectivity index is 1.65. The predicted octanol–water partition coefficient (Wildman–Crippen LogP) is 6.43. The molecule has 0 bridgehead atoms. The van der Waals surface area contributed by atoms with Crippen molar-refractivity contribution in [1.29, 1.82) is 5.26 Å². The first-order valence-corrected chi connectivity index (χ1v) is 12.5. The maximum Gasteiger partial charge on any atom is 0.234 e. The molecule has 1 amide bonds. The van der Waals surface area contributed by atoms with Gasteiger partial charge in [0.2, 0.25) is 5.91 Å². The second-order valence-electron chi connectivity index (χ2n) is 9.14. The van der Waals surface area contributed by atoms with Crippen molar-refractivity contribution in [2.24, 2.45) is 5.41 Å². The molecule has 8 heteroatoms. The number of nitriles is 1. The zero-order chi connectivity index (χ0) is 24.5. The Bertz CT molecular complexity index is 1260. The van der Waals surface area contributed by atoms with Crippen LogP contribution < -0.4 is 10.6 Å². The van der Waals surface area contributed by atoms with Gasteiger partial charge in [0, 0.05) is 33.4 Å². The smallest absolute Gasteiger partial charge is 0.234 e. The fourth-order valence-corrected chi connectivity index (χ4v) is 5.56. The fraction of sp³-hybridized carbons (Fsp3) is 0.269. The number of rotatable bonds is 5. The highest BCUT2D eigenvalue weighted by molar-refractivity contribution is 8.03. The lowest BCUT2D eigenvalue weighted by molar-refractivity contribution is -0.118. The topological polar surface area (TPSA) is 82.0 Å². The number of halogens is 2. The number of amides is 1. The summed E-state index contributed by atoms with van der Waals surface area (Å²) in [5.41, 5.74) is 3.10. The Morgan fingerprint density at radius 3 is 2.59 bits per heavy atom. The minimum atomic E-state index is -0.499. The molecule has 0 unspecified atom stereocenters. The monoisotopic (exact) mass is 511 g/mol. The van der Waals surface area contributed by atoms with E-state index in [4.69, 9.17) is 23.2 Å². The van der Waals surface area contributed by atoms with E-state index >= 15 is 0 Å². The van der Waals surface area contributed by atoms with Crippen LogP contribution in [0.2, 0.25) is 10.0 Å². The molecule has 2 aromatic rings. The van der Waals surface area contributed by atoms with Crippen LogP contribution >= 0.6 is 35.0 Å². The van der Waals surface area contributed by atoms with E-state index in [1.807, 2.05) is 12.1 Å². The third-order valence-electron chi connectivity index (χ3n) is 5.79. The molecule has 174 valence electrons. The van der Waals surface area contributed by atoms with Crippen LogP contribution in [0, 0.1) is 16.7 Å². The molecule has 5 nitrogen and oxygen atoms in total. The van der Waals surface area contributed by atoms with Gasteiger partial charge in [0.25, 0.3) is 0 Å². The number of nitrogens with one attached hydrogen (secondary N) is 2. The number of carbonyl (C=O) groups is 2. The molecule has 4 rings (SSSR count). The van der Waals surface area contributed by atoms with Gasteiger partial charge in [-0.3, -0.25) is 9.59 Å². The summed E-state index contributed by atoms with van der Waals surface area (Å²) in [5, 5.41) is 18.0. The lowest BCUT2D eigenvalue weighted by Crippen LogP contribution is -2.37. The van der Waals surface area contributed by atoms with Crippen molar-refractivity contribution in [3.8, 4) is 6.07 Å². The minimum absolute atomic E-state index is 0.0363. The highest BCUT2D eigenvalue weighted by Gasteiger charge is 2.41. The number of carbonyl (C=O) groups excluding carboxylic acids is 2. The van der Waals surface area contributed by atoms with Crippen LogP contribution in [0.5, 0.6) is 0 Å². The first kappa shape index (κ1) is 24.4. The molecule has 34 heavy (non-hydrogen) atoms. The van der Waals surface area contributed by atoms with Crippen LogP contribution in [0.1, 0.15) is 38.2 Å². The summed E-state index contributed by atoms with van der Waals surface area (Å²) in [6.45, 7) is 4.12. The normalized spacial score (nSPS) is 19.3. The molecule has 2 N–H and O–H groups in total. The lowest BCUT2D eigenvalue weighted by Gasteiger charge is -2.39. The Morgan fingerprint density at radius 1 is 1.18 bits per heavy atom. The maximum absolute atomic E-state index is 13.2. The van der Waals surface area contributed by atoms with Crippen LogP contribution in [-0.2, 0) is 9.59 Å². The van der Waals surface area contributed by atoms with Crippen molar-refractivity contribution in [1.82, 2.24) is 5.32 Å². The molecule has 0 saturated carbocycles. The van der Waals surface area contributed by atoms with Crippen LogP contribution in [0.4, 0.5) is 5.69 Å². The Morgan fingerprint density at radius 2 is 1.91 bits per heavy atom. The summed E-state index contributed by atoms with van der Waals surface area (Å²) in [6.07, 6.45) is 1.09. The third kappa shape index (κ3) is 5.33. The van der Waals surface area contributed by atoms with Crippen LogP contribution in [0.25, 0.3) is 0 Å². The van der Waals surface area contributed by atoms with E-state index in [9.17, 15) is 14.9 Å². The number of ketones is 1. The van der Waals surface area contributed by atoms with Crippen molar-refractivity contribution in [2.75, 3.05) is 11.1 Å². The van der Waals surface area contributed by atoms with Gasteiger partial charge in [-0.15, -0.1) is 0 Å². The molecule has 0 spiro atoms. The molecule has 0 saturated heterocycles. The molecular weight excluding hydrogens is 489 g/mol. The van der Waals surface area contributed by atoms with Gasteiger partial charge in [0.1, 0.15) is 0 Å². The standard InChI is InChI=1S/C26H23Cl2N3O2S/c1-26(2)11-20-24(21(32)12-26)23(15-6-8-16(27)9-7-15)19(13-29)25(31-20)34-14-22(33)30-18-5-3-4-17(28)10-18/h3-10,23,31H,11-12,14H2,1-2H3,(H,30,33)/t23-/m1/s1. The van der Waals surface area contributed by atoms with Crippen LogP contribution in [0.3, 0.4) is 0 Å². The van der Waals surface area contributed by atoms with E-state index in [1.165, 1.54) is 11.8 Å². The van der Waals surface area contributed by atoms with Crippen LogP contribution in [-0.4, -0.2) is 17.4 Å². The quantitative estimate of drug-likeness (QED) is 0.483. The Kier molecular flexibility index (Phi) is 7.09. The predicted molar refractivity (Wildman–Crippen MR) is 138 cm³/mol. The number of benzene rings is 2. The summed E-state index contributed by atoms with van der Waals surface area (Å²) in [4.78, 5) is 25.8. The summed E-state index contributed by atoms with van der Waals surface area (Å²) >= 11 is 13.3. The largest absolute Gasteiger partial charge is 0.352 e. The average molecular weight is 512 g/mol. The van der Waals surface area contributed by atoms with E-state index in [2.05, 4.69) is 30.6 Å². The van der Waals surface area contributed by atoms with E-state index in [0.717, 1.165) is 11.3 Å². The van der Waals surface area contributed by atoms with Gasteiger partial charge in [-0.1, -0.05) is 67.0 Å². The second-order valence-corrected chi connectivity index (χ2v) is 11.0. The van der Waals surface area contributed by atoms with Gasteiger partial charge < -0.3 is 10.6 Å². The van der Waals surface area contributed by atoms with Crippen LogP contribution in [0.15, 0.2) is 70.4 Å². The Labute approximate surface area is 213 Å². The number of hydrogen-bond acceptors (Lipinski definition) is 5. The van der Waals surface area contributed by atoms with E-state index in [0.29, 0.717) is 44.7 Å². The summed E-state index contributed by atoms with van der Waals surface area (Å²) < 4.78 is 0. The highest BCUT2D eigenvalue weighted by atomic mass is 35.5. The SMILES string of the molecule is CC1(C)CC(=O)C2=C(C1)NC(SCC(=O)Nc1cccc(Cl)c1)=C(C#N)[C@H]2c1ccc(Cl)cc1. The number of nitrogens with zero attached hydrogens (tertiary/aromatic N) is 1. The van der Waals surface area contributed by atoms with Gasteiger partial charge in [0.15, 0.2) is 5.78 Å². The summed E-state index contributed by atoms with van der Waals surface area (Å²) in [6, 6.07) is 16.4. The molecule has 0 aromatic heterocycles. The number of thioether (sulfide) groups is 1. The number of allylic oxidation sites excluding steroid dienone is 3.